The molecule has 24 heavy (non-hydrogen) atoms. The largest absolute Gasteiger partial charge is 0.379 e. The Balaban J connectivity index is 2.15. The van der Waals surface area contributed by atoms with E-state index in [1.807, 2.05) is 6.92 Å². The summed E-state index contributed by atoms with van der Waals surface area (Å²) < 4.78 is 24.8. The molecule has 0 aliphatic rings. The lowest BCUT2D eigenvalue weighted by molar-refractivity contribution is -0.130. The van der Waals surface area contributed by atoms with Crippen molar-refractivity contribution in [1.29, 1.82) is 0 Å². The SMILES string of the molecule is Cc1ccc(S(=O)(=O)CC(C)(O)C(=O)Nc2ccc(Cl)cc2)cc1. The first kappa shape index (κ1) is 18.4. The van der Waals surface area contributed by atoms with Crippen LogP contribution in [-0.4, -0.2) is 30.8 Å². The molecule has 0 radical (unpaired) electrons. The summed E-state index contributed by atoms with van der Waals surface area (Å²) in [6, 6.07) is 12.5. The number of halogens is 1. The fourth-order valence-electron chi connectivity index (χ4n) is 2.06. The molecular formula is C17H18ClNO4S. The van der Waals surface area contributed by atoms with E-state index in [0.29, 0.717) is 10.7 Å². The average Bonchev–Trinajstić information content (AvgIpc) is 2.49. The summed E-state index contributed by atoms with van der Waals surface area (Å²) in [5, 5.41) is 13.3. The van der Waals surface area contributed by atoms with E-state index in [1.165, 1.54) is 19.1 Å². The van der Waals surface area contributed by atoms with Gasteiger partial charge in [-0.3, -0.25) is 4.79 Å². The topological polar surface area (TPSA) is 83.5 Å². The van der Waals surface area contributed by atoms with Crippen LogP contribution in [0.3, 0.4) is 0 Å². The number of carbonyl (C=O) groups is 1. The molecule has 0 aliphatic heterocycles. The predicted molar refractivity (Wildman–Crippen MR) is 93.9 cm³/mol. The zero-order valence-electron chi connectivity index (χ0n) is 13.3. The van der Waals surface area contributed by atoms with Gasteiger partial charge in [0.05, 0.1) is 10.6 Å². The van der Waals surface area contributed by atoms with Crippen LogP contribution in [0, 0.1) is 6.92 Å². The number of rotatable bonds is 5. The van der Waals surface area contributed by atoms with E-state index in [1.54, 1.807) is 36.4 Å². The summed E-state index contributed by atoms with van der Waals surface area (Å²) in [5.41, 5.74) is -0.748. The number of nitrogens with one attached hydrogen (secondary N) is 1. The molecule has 0 aromatic heterocycles. The number of carbonyl (C=O) groups excluding carboxylic acids is 1. The van der Waals surface area contributed by atoms with Gasteiger partial charge in [-0.05, 0) is 50.2 Å². The molecule has 0 saturated carbocycles. The van der Waals surface area contributed by atoms with Crippen LogP contribution >= 0.6 is 11.6 Å². The number of hydrogen-bond donors (Lipinski definition) is 2. The van der Waals surface area contributed by atoms with E-state index in [2.05, 4.69) is 5.32 Å². The van der Waals surface area contributed by atoms with Crippen molar-refractivity contribution in [3.63, 3.8) is 0 Å². The number of aliphatic hydroxyl groups is 1. The third kappa shape index (κ3) is 4.56. The van der Waals surface area contributed by atoms with Gasteiger partial charge in [0.15, 0.2) is 15.4 Å². The van der Waals surface area contributed by atoms with Crippen molar-refractivity contribution < 1.29 is 18.3 Å². The molecule has 1 unspecified atom stereocenters. The number of amides is 1. The van der Waals surface area contributed by atoms with Crippen LogP contribution in [-0.2, 0) is 14.6 Å². The lowest BCUT2D eigenvalue weighted by Gasteiger charge is -2.22. The lowest BCUT2D eigenvalue weighted by atomic mass is 10.1. The highest BCUT2D eigenvalue weighted by molar-refractivity contribution is 7.91. The van der Waals surface area contributed by atoms with Crippen LogP contribution in [0.1, 0.15) is 12.5 Å². The fraction of sp³-hybridized carbons (Fsp3) is 0.235. The summed E-state index contributed by atoms with van der Waals surface area (Å²) in [7, 11) is -3.81. The molecule has 2 N–H and O–H groups in total. The predicted octanol–water partition coefficient (Wildman–Crippen LogP) is 2.81. The molecule has 2 aromatic carbocycles. The Labute approximate surface area is 146 Å². The van der Waals surface area contributed by atoms with Gasteiger partial charge in [-0.2, -0.15) is 0 Å². The minimum atomic E-state index is -3.81. The molecule has 0 heterocycles. The average molecular weight is 368 g/mol. The van der Waals surface area contributed by atoms with Crippen LogP contribution in [0.15, 0.2) is 53.4 Å². The molecule has 1 amide bonds. The Morgan fingerprint density at radius 2 is 1.67 bits per heavy atom. The number of anilines is 1. The zero-order valence-corrected chi connectivity index (χ0v) is 14.9. The summed E-state index contributed by atoms with van der Waals surface area (Å²) in [5.74, 6) is -1.52. The first-order chi connectivity index (χ1) is 11.1. The number of aryl methyl sites for hydroxylation is 1. The molecule has 0 saturated heterocycles. The molecule has 7 heteroatoms. The normalized spacial score (nSPS) is 14.0. The lowest BCUT2D eigenvalue weighted by Crippen LogP contribution is -2.45. The second kappa shape index (κ2) is 6.93. The fourth-order valence-corrected chi connectivity index (χ4v) is 3.78. The molecule has 128 valence electrons. The summed E-state index contributed by atoms with van der Waals surface area (Å²) in [6.07, 6.45) is 0. The van der Waals surface area contributed by atoms with E-state index >= 15 is 0 Å². The van der Waals surface area contributed by atoms with Crippen molar-refractivity contribution in [3.05, 3.63) is 59.1 Å². The minimum absolute atomic E-state index is 0.0627. The molecule has 2 aromatic rings. The quantitative estimate of drug-likeness (QED) is 0.851. The van der Waals surface area contributed by atoms with Crippen molar-refractivity contribution in [2.45, 2.75) is 24.3 Å². The monoisotopic (exact) mass is 367 g/mol. The van der Waals surface area contributed by atoms with Crippen molar-refractivity contribution in [1.82, 2.24) is 0 Å². The minimum Gasteiger partial charge on any atom is -0.379 e. The van der Waals surface area contributed by atoms with E-state index in [9.17, 15) is 18.3 Å². The maximum atomic E-state index is 12.4. The van der Waals surface area contributed by atoms with Gasteiger partial charge in [0.1, 0.15) is 0 Å². The Morgan fingerprint density at radius 3 is 2.21 bits per heavy atom. The van der Waals surface area contributed by atoms with Crippen molar-refractivity contribution >= 4 is 33.0 Å². The van der Waals surface area contributed by atoms with Crippen molar-refractivity contribution in [3.8, 4) is 0 Å². The molecular weight excluding hydrogens is 350 g/mol. The first-order valence-electron chi connectivity index (χ1n) is 7.19. The highest BCUT2D eigenvalue weighted by atomic mass is 35.5. The first-order valence-corrected chi connectivity index (χ1v) is 9.22. The Morgan fingerprint density at radius 1 is 1.12 bits per heavy atom. The Hall–Kier alpha value is -1.89. The molecule has 2 rings (SSSR count). The van der Waals surface area contributed by atoms with Crippen LogP contribution in [0.4, 0.5) is 5.69 Å². The van der Waals surface area contributed by atoms with Gasteiger partial charge in [-0.15, -0.1) is 0 Å². The van der Waals surface area contributed by atoms with Gasteiger partial charge in [0.2, 0.25) is 0 Å². The van der Waals surface area contributed by atoms with E-state index in [-0.39, 0.29) is 4.90 Å². The Kier molecular flexibility index (Phi) is 5.32. The number of hydrogen-bond acceptors (Lipinski definition) is 4. The maximum absolute atomic E-state index is 12.4. The summed E-state index contributed by atoms with van der Waals surface area (Å²) in [6.45, 7) is 3.01. The van der Waals surface area contributed by atoms with Crippen LogP contribution in [0.25, 0.3) is 0 Å². The molecule has 1 atom stereocenters. The van der Waals surface area contributed by atoms with E-state index < -0.39 is 27.1 Å². The van der Waals surface area contributed by atoms with Gasteiger partial charge in [0.25, 0.3) is 5.91 Å². The van der Waals surface area contributed by atoms with Crippen LogP contribution in [0.5, 0.6) is 0 Å². The molecule has 0 fully saturated rings. The maximum Gasteiger partial charge on any atom is 0.257 e. The van der Waals surface area contributed by atoms with Crippen molar-refractivity contribution in [2.75, 3.05) is 11.1 Å². The summed E-state index contributed by atoms with van der Waals surface area (Å²) in [4.78, 5) is 12.3. The third-order valence-electron chi connectivity index (χ3n) is 3.44. The van der Waals surface area contributed by atoms with Gasteiger partial charge in [-0.25, -0.2) is 8.42 Å². The number of benzene rings is 2. The zero-order chi connectivity index (χ0) is 18.0. The number of sulfone groups is 1. The van der Waals surface area contributed by atoms with Crippen LogP contribution in [0.2, 0.25) is 5.02 Å². The summed E-state index contributed by atoms with van der Waals surface area (Å²) >= 11 is 5.76. The smallest absolute Gasteiger partial charge is 0.257 e. The van der Waals surface area contributed by atoms with Gasteiger partial charge < -0.3 is 10.4 Å². The van der Waals surface area contributed by atoms with Gasteiger partial charge in [-0.1, -0.05) is 29.3 Å². The van der Waals surface area contributed by atoms with E-state index in [0.717, 1.165) is 5.56 Å². The van der Waals surface area contributed by atoms with Crippen molar-refractivity contribution in [2.24, 2.45) is 0 Å². The van der Waals surface area contributed by atoms with Gasteiger partial charge >= 0.3 is 0 Å². The molecule has 5 nitrogen and oxygen atoms in total. The molecule has 0 aliphatic carbocycles. The second-order valence-corrected chi connectivity index (χ2v) is 8.23. The molecule has 0 spiro atoms. The highest BCUT2D eigenvalue weighted by Crippen LogP contribution is 2.20. The highest BCUT2D eigenvalue weighted by Gasteiger charge is 2.36. The van der Waals surface area contributed by atoms with E-state index in [4.69, 9.17) is 11.6 Å². The molecule has 0 bridgehead atoms. The standard InChI is InChI=1S/C17H18ClNO4S/c1-12-3-9-15(10-4-12)24(22,23)11-17(2,21)16(20)19-14-7-5-13(18)6-8-14/h3-10,21H,11H2,1-2H3,(H,19,20). The van der Waals surface area contributed by atoms with Crippen LogP contribution < -0.4 is 5.32 Å². The van der Waals surface area contributed by atoms with Gasteiger partial charge in [0, 0.05) is 10.7 Å². The third-order valence-corrected chi connectivity index (χ3v) is 5.63. The Bertz CT molecular complexity index is 828. The second-order valence-electron chi connectivity index (χ2n) is 5.81.